The van der Waals surface area contributed by atoms with Crippen LogP contribution in [-0.2, 0) is 0 Å². The highest BCUT2D eigenvalue weighted by Crippen LogP contribution is 2.44. The van der Waals surface area contributed by atoms with Crippen LogP contribution < -0.4 is 10.1 Å². The van der Waals surface area contributed by atoms with Crippen molar-refractivity contribution < 1.29 is 4.74 Å². The summed E-state index contributed by atoms with van der Waals surface area (Å²) in [5.41, 5.74) is 1.55. The van der Waals surface area contributed by atoms with E-state index in [2.05, 4.69) is 57.3 Å². The van der Waals surface area contributed by atoms with Crippen LogP contribution in [0, 0.1) is 5.41 Å². The predicted octanol–water partition coefficient (Wildman–Crippen LogP) is 3.97. The normalized spacial score (nSPS) is 26.6. The fourth-order valence-electron chi connectivity index (χ4n) is 2.94. The van der Waals surface area contributed by atoms with Crippen LogP contribution in [0.15, 0.2) is 24.3 Å². The maximum absolute atomic E-state index is 6.31. The second-order valence-electron chi connectivity index (χ2n) is 6.35. The van der Waals surface area contributed by atoms with Crippen molar-refractivity contribution in [1.82, 2.24) is 5.32 Å². The van der Waals surface area contributed by atoms with Crippen molar-refractivity contribution in [2.24, 2.45) is 5.41 Å². The quantitative estimate of drug-likeness (QED) is 0.866. The van der Waals surface area contributed by atoms with E-state index in [0.717, 1.165) is 18.6 Å². The summed E-state index contributed by atoms with van der Waals surface area (Å²) >= 11 is 0. The van der Waals surface area contributed by atoms with Gasteiger partial charge in [0.2, 0.25) is 0 Å². The Kier molecular flexibility index (Phi) is 4.19. The molecule has 0 bridgehead atoms. The Bertz CT molecular complexity index is 427. The number of nitrogens with one attached hydrogen (secondary N) is 1. The molecule has 0 spiro atoms. The number of benzene rings is 1. The molecule has 0 aromatic heterocycles. The van der Waals surface area contributed by atoms with Gasteiger partial charge in [-0.15, -0.1) is 0 Å². The molecule has 1 saturated carbocycles. The molecule has 3 unspecified atom stereocenters. The van der Waals surface area contributed by atoms with Crippen LogP contribution in [0.1, 0.15) is 52.0 Å². The summed E-state index contributed by atoms with van der Waals surface area (Å²) in [7, 11) is 2.04. The fourth-order valence-corrected chi connectivity index (χ4v) is 2.94. The van der Waals surface area contributed by atoms with Gasteiger partial charge < -0.3 is 10.1 Å². The summed E-state index contributed by atoms with van der Waals surface area (Å²) in [6.45, 7) is 9.07. The predicted molar refractivity (Wildman–Crippen MR) is 80.8 cm³/mol. The van der Waals surface area contributed by atoms with E-state index < -0.39 is 0 Å². The van der Waals surface area contributed by atoms with Crippen LogP contribution in [-0.4, -0.2) is 19.2 Å². The average Bonchev–Trinajstić information content (AvgIpc) is 2.42. The van der Waals surface area contributed by atoms with Crippen LogP contribution >= 0.6 is 0 Å². The van der Waals surface area contributed by atoms with Gasteiger partial charge in [0.05, 0.1) is 0 Å². The molecule has 19 heavy (non-hydrogen) atoms. The highest BCUT2D eigenvalue weighted by molar-refractivity contribution is 5.36. The number of ether oxygens (including phenoxy) is 1. The van der Waals surface area contributed by atoms with Crippen LogP contribution in [0.2, 0.25) is 0 Å². The molecular formula is C17H27NO. The van der Waals surface area contributed by atoms with Gasteiger partial charge in [-0.25, -0.2) is 0 Å². The Morgan fingerprint density at radius 1 is 1.37 bits per heavy atom. The lowest BCUT2D eigenvalue weighted by atomic mass is 9.64. The first-order valence-corrected chi connectivity index (χ1v) is 7.43. The third-order valence-electron chi connectivity index (χ3n) is 4.86. The van der Waals surface area contributed by atoms with Crippen molar-refractivity contribution in [3.05, 3.63) is 29.8 Å². The summed E-state index contributed by atoms with van der Waals surface area (Å²) in [6.07, 6.45) is 2.56. The fraction of sp³-hybridized carbons (Fsp3) is 0.647. The van der Waals surface area contributed by atoms with E-state index in [4.69, 9.17) is 4.74 Å². The highest BCUT2D eigenvalue weighted by Gasteiger charge is 2.49. The topological polar surface area (TPSA) is 21.3 Å². The highest BCUT2D eigenvalue weighted by atomic mass is 16.5. The maximum atomic E-state index is 6.31. The molecule has 1 aliphatic carbocycles. The smallest absolute Gasteiger partial charge is 0.123 e. The van der Waals surface area contributed by atoms with Gasteiger partial charge in [-0.2, -0.15) is 0 Å². The molecule has 1 aromatic carbocycles. The van der Waals surface area contributed by atoms with Crippen molar-refractivity contribution in [2.75, 3.05) is 7.05 Å². The monoisotopic (exact) mass is 261 g/mol. The molecule has 0 heterocycles. The van der Waals surface area contributed by atoms with E-state index in [1.165, 1.54) is 5.56 Å². The van der Waals surface area contributed by atoms with Crippen molar-refractivity contribution in [2.45, 2.75) is 58.6 Å². The first-order valence-electron chi connectivity index (χ1n) is 7.43. The minimum atomic E-state index is 0.206. The van der Waals surface area contributed by atoms with Gasteiger partial charge in [0.15, 0.2) is 0 Å². The Hall–Kier alpha value is -1.02. The van der Waals surface area contributed by atoms with Crippen molar-refractivity contribution in [1.29, 1.82) is 0 Å². The third-order valence-corrected chi connectivity index (χ3v) is 4.86. The second-order valence-corrected chi connectivity index (χ2v) is 6.35. The number of hydrogen-bond donors (Lipinski definition) is 1. The average molecular weight is 261 g/mol. The molecule has 106 valence electrons. The Balaban J connectivity index is 2.13. The zero-order valence-corrected chi connectivity index (χ0v) is 12.9. The first kappa shape index (κ1) is 14.4. The largest absolute Gasteiger partial charge is 0.489 e. The summed E-state index contributed by atoms with van der Waals surface area (Å²) in [5.74, 6) is 1.63. The molecule has 0 aliphatic heterocycles. The molecule has 0 radical (unpaired) electrons. The molecular weight excluding hydrogens is 234 g/mol. The molecule has 1 aliphatic rings. The molecule has 2 rings (SSSR count). The van der Waals surface area contributed by atoms with Gasteiger partial charge in [0, 0.05) is 17.9 Å². The van der Waals surface area contributed by atoms with Crippen LogP contribution in [0.4, 0.5) is 0 Å². The van der Waals surface area contributed by atoms with E-state index in [1.807, 2.05) is 7.05 Å². The maximum Gasteiger partial charge on any atom is 0.123 e. The SMILES string of the molecule is CCC(C)c1ccccc1OC1CC(NC)C1(C)C. The molecule has 0 saturated heterocycles. The Morgan fingerprint density at radius 2 is 2.05 bits per heavy atom. The lowest BCUT2D eigenvalue weighted by Gasteiger charge is -2.51. The minimum Gasteiger partial charge on any atom is -0.489 e. The van der Waals surface area contributed by atoms with E-state index >= 15 is 0 Å². The molecule has 2 heteroatoms. The van der Waals surface area contributed by atoms with Crippen molar-refractivity contribution in [3.8, 4) is 5.75 Å². The molecule has 1 N–H and O–H groups in total. The van der Waals surface area contributed by atoms with Crippen LogP contribution in [0.5, 0.6) is 5.75 Å². The van der Waals surface area contributed by atoms with Gasteiger partial charge in [-0.3, -0.25) is 0 Å². The van der Waals surface area contributed by atoms with Gasteiger partial charge in [-0.05, 0) is 31.0 Å². The zero-order chi connectivity index (χ0) is 14.0. The number of para-hydroxylation sites is 1. The molecule has 3 atom stereocenters. The summed E-state index contributed by atoms with van der Waals surface area (Å²) in [5, 5.41) is 3.38. The van der Waals surface area contributed by atoms with Crippen LogP contribution in [0.3, 0.4) is 0 Å². The van der Waals surface area contributed by atoms with Gasteiger partial charge in [0.1, 0.15) is 11.9 Å². The van der Waals surface area contributed by atoms with E-state index in [0.29, 0.717) is 18.1 Å². The minimum absolute atomic E-state index is 0.206. The first-order chi connectivity index (χ1) is 9.00. The summed E-state index contributed by atoms with van der Waals surface area (Å²) in [6, 6.07) is 9.06. The van der Waals surface area contributed by atoms with E-state index in [9.17, 15) is 0 Å². The zero-order valence-electron chi connectivity index (χ0n) is 12.9. The van der Waals surface area contributed by atoms with E-state index in [1.54, 1.807) is 0 Å². The lowest BCUT2D eigenvalue weighted by Crippen LogP contribution is -2.61. The Morgan fingerprint density at radius 3 is 2.63 bits per heavy atom. The molecule has 1 fully saturated rings. The molecule has 0 amide bonds. The van der Waals surface area contributed by atoms with E-state index in [-0.39, 0.29) is 5.41 Å². The third kappa shape index (κ3) is 2.64. The number of hydrogen-bond acceptors (Lipinski definition) is 2. The lowest BCUT2D eigenvalue weighted by molar-refractivity contribution is -0.0526. The summed E-state index contributed by atoms with van der Waals surface area (Å²) < 4.78 is 6.31. The standard InChI is InChI=1S/C17H27NO/c1-6-12(2)13-9-7-8-10-14(13)19-16-11-15(18-5)17(16,3)4/h7-10,12,15-16,18H,6,11H2,1-5H3. The van der Waals surface area contributed by atoms with Crippen molar-refractivity contribution in [3.63, 3.8) is 0 Å². The Labute approximate surface area is 117 Å². The molecule has 2 nitrogen and oxygen atoms in total. The van der Waals surface area contributed by atoms with Gasteiger partial charge >= 0.3 is 0 Å². The van der Waals surface area contributed by atoms with Gasteiger partial charge in [-0.1, -0.05) is 45.9 Å². The second kappa shape index (κ2) is 5.54. The number of rotatable bonds is 5. The summed E-state index contributed by atoms with van der Waals surface area (Å²) in [4.78, 5) is 0. The van der Waals surface area contributed by atoms with Gasteiger partial charge in [0.25, 0.3) is 0 Å². The van der Waals surface area contributed by atoms with Crippen LogP contribution in [0.25, 0.3) is 0 Å². The molecule has 1 aromatic rings. The van der Waals surface area contributed by atoms with Crippen molar-refractivity contribution >= 4 is 0 Å².